The molecule has 0 unspecified atom stereocenters. The quantitative estimate of drug-likeness (QED) is 0.675. The molecule has 2 aromatic carbocycles. The molecule has 0 atom stereocenters. The Hall–Kier alpha value is -3.62. The summed E-state index contributed by atoms with van der Waals surface area (Å²) in [5, 5.41) is 2.61. The number of halogens is 2. The van der Waals surface area contributed by atoms with Crippen LogP contribution in [0.15, 0.2) is 35.3 Å². The van der Waals surface area contributed by atoms with Crippen LogP contribution in [-0.2, 0) is 6.54 Å². The van der Waals surface area contributed by atoms with E-state index in [1.54, 1.807) is 22.8 Å². The fourth-order valence-electron chi connectivity index (χ4n) is 3.75. The number of aromatic nitrogens is 1. The summed E-state index contributed by atoms with van der Waals surface area (Å²) in [7, 11) is 1.21. The maximum absolute atomic E-state index is 14.3. The molecule has 2 heterocycles. The molecule has 0 radical (unpaired) electrons. The van der Waals surface area contributed by atoms with Crippen LogP contribution in [0.4, 0.5) is 8.78 Å². The largest absolute Gasteiger partial charge is 0.491 e. The van der Waals surface area contributed by atoms with Crippen molar-refractivity contribution in [2.45, 2.75) is 25.4 Å². The molecule has 1 saturated carbocycles. The smallest absolute Gasteiger partial charge is 0.257 e. The van der Waals surface area contributed by atoms with Gasteiger partial charge in [0.25, 0.3) is 5.91 Å². The molecule has 31 heavy (non-hydrogen) atoms. The number of pyridine rings is 1. The molecule has 1 amide bonds. The highest BCUT2D eigenvalue weighted by atomic mass is 19.2. The van der Waals surface area contributed by atoms with Crippen LogP contribution in [0.2, 0.25) is 0 Å². The number of carbonyl (C=O) groups is 1. The molecule has 9 heteroatoms. The van der Waals surface area contributed by atoms with Crippen molar-refractivity contribution in [2.75, 3.05) is 13.9 Å². The van der Waals surface area contributed by atoms with E-state index in [1.165, 1.54) is 13.3 Å². The first kappa shape index (κ1) is 19.3. The Bertz CT molecular complexity index is 1280. The molecule has 0 bridgehead atoms. The number of rotatable bonds is 5. The number of methoxy groups -OCH3 is 1. The standard InChI is InChI=1S/C22H18F2N2O5/c1-29-21-18(24)15(23)7-13-19(21)26(12-3-4-12)9-14(20(13)27)22(28)25-8-11-2-5-16-17(6-11)31-10-30-16/h2,5-7,9,12H,3-4,8,10H2,1H3,(H,25,28). The number of amides is 1. The van der Waals surface area contributed by atoms with Gasteiger partial charge in [-0.25, -0.2) is 4.39 Å². The molecular weight excluding hydrogens is 410 g/mol. The second kappa shape index (κ2) is 7.26. The van der Waals surface area contributed by atoms with E-state index in [0.29, 0.717) is 11.5 Å². The third kappa shape index (κ3) is 3.26. The maximum atomic E-state index is 14.3. The van der Waals surface area contributed by atoms with E-state index in [1.807, 2.05) is 0 Å². The predicted molar refractivity (Wildman–Crippen MR) is 107 cm³/mol. The average Bonchev–Trinajstić information content (AvgIpc) is 3.50. The van der Waals surface area contributed by atoms with E-state index in [4.69, 9.17) is 14.2 Å². The molecule has 5 rings (SSSR count). The molecule has 1 aromatic heterocycles. The van der Waals surface area contributed by atoms with Gasteiger partial charge in [0.1, 0.15) is 5.56 Å². The third-order valence-electron chi connectivity index (χ3n) is 5.44. The molecule has 7 nitrogen and oxygen atoms in total. The highest BCUT2D eigenvalue weighted by molar-refractivity contribution is 5.98. The number of nitrogens with one attached hydrogen (secondary N) is 1. The minimum Gasteiger partial charge on any atom is -0.491 e. The molecule has 0 saturated heterocycles. The summed E-state index contributed by atoms with van der Waals surface area (Å²) in [4.78, 5) is 25.8. The van der Waals surface area contributed by atoms with Gasteiger partial charge in [-0.1, -0.05) is 6.07 Å². The number of nitrogens with zero attached hydrogens (tertiary/aromatic N) is 1. The summed E-state index contributed by atoms with van der Waals surface area (Å²) in [6.07, 6.45) is 3.01. The Morgan fingerprint density at radius 2 is 2.00 bits per heavy atom. The molecule has 2 aliphatic rings. The predicted octanol–water partition coefficient (Wildman–Crippen LogP) is 3.28. The number of hydrogen-bond donors (Lipinski definition) is 1. The van der Waals surface area contributed by atoms with Crippen LogP contribution in [-0.4, -0.2) is 24.4 Å². The number of hydrogen-bond acceptors (Lipinski definition) is 5. The lowest BCUT2D eigenvalue weighted by molar-refractivity contribution is 0.0949. The van der Waals surface area contributed by atoms with Gasteiger partial charge in [0.2, 0.25) is 18.0 Å². The zero-order valence-electron chi connectivity index (χ0n) is 16.5. The Kier molecular flexibility index (Phi) is 4.53. The fraction of sp³-hybridized carbons (Fsp3) is 0.273. The lowest BCUT2D eigenvalue weighted by Gasteiger charge is -2.16. The van der Waals surface area contributed by atoms with Crippen LogP contribution in [0, 0.1) is 11.6 Å². The molecule has 3 aromatic rings. The van der Waals surface area contributed by atoms with E-state index < -0.39 is 23.0 Å². The summed E-state index contributed by atoms with van der Waals surface area (Å²) in [6.45, 7) is 0.293. The van der Waals surface area contributed by atoms with Crippen molar-refractivity contribution in [2.24, 2.45) is 0 Å². The van der Waals surface area contributed by atoms with E-state index in [2.05, 4.69) is 5.32 Å². The van der Waals surface area contributed by atoms with Crippen LogP contribution in [0.5, 0.6) is 17.2 Å². The topological polar surface area (TPSA) is 78.8 Å². The summed E-state index contributed by atoms with van der Waals surface area (Å²) in [6, 6.07) is 6.07. The maximum Gasteiger partial charge on any atom is 0.257 e. The SMILES string of the molecule is COc1c(F)c(F)cc2c(=O)c(C(=O)NCc3ccc4c(c3)OCO4)cn(C3CC3)c12. The molecule has 1 aliphatic heterocycles. The zero-order valence-corrected chi connectivity index (χ0v) is 16.5. The van der Waals surface area contributed by atoms with Gasteiger partial charge < -0.3 is 24.1 Å². The fourth-order valence-corrected chi connectivity index (χ4v) is 3.75. The average molecular weight is 428 g/mol. The molecule has 0 spiro atoms. The summed E-state index contributed by atoms with van der Waals surface area (Å²) < 4.78 is 45.7. The summed E-state index contributed by atoms with van der Waals surface area (Å²) >= 11 is 0. The monoisotopic (exact) mass is 428 g/mol. The van der Waals surface area contributed by atoms with Gasteiger partial charge in [0.15, 0.2) is 23.1 Å². The molecule has 1 aliphatic carbocycles. The molecule has 1 fully saturated rings. The van der Waals surface area contributed by atoms with Gasteiger partial charge in [-0.05, 0) is 36.6 Å². The zero-order chi connectivity index (χ0) is 21.7. The minimum absolute atomic E-state index is 0.0118. The summed E-state index contributed by atoms with van der Waals surface area (Å²) in [5.41, 5.74) is 0.0809. The first-order valence-electron chi connectivity index (χ1n) is 9.75. The van der Waals surface area contributed by atoms with Crippen molar-refractivity contribution in [1.29, 1.82) is 0 Å². The van der Waals surface area contributed by atoms with Crippen molar-refractivity contribution in [3.8, 4) is 17.2 Å². The Morgan fingerprint density at radius 1 is 1.23 bits per heavy atom. The highest BCUT2D eigenvalue weighted by Gasteiger charge is 2.30. The second-order valence-electron chi connectivity index (χ2n) is 7.48. The number of benzene rings is 2. The highest BCUT2D eigenvalue weighted by Crippen LogP contribution is 2.40. The molecular formula is C22H18F2N2O5. The lowest BCUT2D eigenvalue weighted by atomic mass is 10.1. The first-order valence-corrected chi connectivity index (χ1v) is 9.75. The van der Waals surface area contributed by atoms with Crippen molar-refractivity contribution in [3.63, 3.8) is 0 Å². The van der Waals surface area contributed by atoms with Crippen LogP contribution < -0.4 is 25.0 Å². The lowest BCUT2D eigenvalue weighted by Crippen LogP contribution is -2.29. The van der Waals surface area contributed by atoms with Crippen molar-refractivity contribution in [3.05, 3.63) is 63.4 Å². The first-order chi connectivity index (χ1) is 15.0. The van der Waals surface area contributed by atoms with Gasteiger partial charge in [-0.3, -0.25) is 9.59 Å². The van der Waals surface area contributed by atoms with Crippen molar-refractivity contribution < 1.29 is 27.8 Å². The number of fused-ring (bicyclic) bond motifs is 2. The van der Waals surface area contributed by atoms with Gasteiger partial charge in [0.05, 0.1) is 18.0 Å². The molecule has 1 N–H and O–H groups in total. The van der Waals surface area contributed by atoms with Gasteiger partial charge in [-0.15, -0.1) is 0 Å². The van der Waals surface area contributed by atoms with Gasteiger partial charge >= 0.3 is 0 Å². The third-order valence-corrected chi connectivity index (χ3v) is 5.44. The van der Waals surface area contributed by atoms with E-state index in [-0.39, 0.29) is 41.6 Å². The minimum atomic E-state index is -1.21. The molecule has 160 valence electrons. The number of ether oxygens (including phenoxy) is 3. The van der Waals surface area contributed by atoms with Gasteiger partial charge in [0, 0.05) is 18.8 Å². The van der Waals surface area contributed by atoms with E-state index in [9.17, 15) is 18.4 Å². The van der Waals surface area contributed by atoms with Crippen LogP contribution in [0.1, 0.15) is 34.8 Å². The Balaban J connectivity index is 1.52. The van der Waals surface area contributed by atoms with Crippen molar-refractivity contribution >= 4 is 16.8 Å². The Labute approximate surface area is 175 Å². The summed E-state index contributed by atoms with van der Waals surface area (Å²) in [5.74, 6) is -2.11. The number of carbonyl (C=O) groups excluding carboxylic acids is 1. The van der Waals surface area contributed by atoms with Crippen LogP contribution in [0.3, 0.4) is 0 Å². The second-order valence-corrected chi connectivity index (χ2v) is 7.48. The van der Waals surface area contributed by atoms with E-state index >= 15 is 0 Å². The van der Waals surface area contributed by atoms with Crippen molar-refractivity contribution in [1.82, 2.24) is 9.88 Å². The van der Waals surface area contributed by atoms with Gasteiger partial charge in [-0.2, -0.15) is 4.39 Å². The van der Waals surface area contributed by atoms with E-state index in [0.717, 1.165) is 24.5 Å². The normalized spacial score (nSPS) is 14.7. The Morgan fingerprint density at radius 3 is 2.74 bits per heavy atom. The van der Waals surface area contributed by atoms with Crippen LogP contribution >= 0.6 is 0 Å². The van der Waals surface area contributed by atoms with Crippen LogP contribution in [0.25, 0.3) is 10.9 Å².